The Bertz CT molecular complexity index is 388. The van der Waals surface area contributed by atoms with Crippen molar-refractivity contribution in [1.29, 1.82) is 0 Å². The second-order valence-electron chi connectivity index (χ2n) is 5.60. The van der Waals surface area contributed by atoms with Gasteiger partial charge in [-0.05, 0) is 38.0 Å². The first-order valence-corrected chi connectivity index (χ1v) is 6.79. The number of carbonyl (C=O) groups is 3. The number of nitrogens with one attached hydrogen (secondary N) is 1. The van der Waals surface area contributed by atoms with Crippen molar-refractivity contribution in [3.05, 3.63) is 0 Å². The third-order valence-corrected chi connectivity index (χ3v) is 3.91. The Kier molecular flexibility index (Phi) is 5.50. The normalized spacial score (nSPS) is 27.6. The van der Waals surface area contributed by atoms with Crippen LogP contribution in [-0.2, 0) is 14.4 Å². The molecular weight excluding hydrogens is 264 g/mol. The third-order valence-electron chi connectivity index (χ3n) is 3.91. The van der Waals surface area contributed by atoms with E-state index >= 15 is 0 Å². The largest absolute Gasteiger partial charge is 0.481 e. The number of amides is 1. The fourth-order valence-electron chi connectivity index (χ4n) is 2.39. The van der Waals surface area contributed by atoms with Crippen LogP contribution in [0.25, 0.3) is 0 Å². The number of hydrogen-bond donors (Lipinski definition) is 4. The molecule has 0 saturated heterocycles. The van der Waals surface area contributed by atoms with E-state index in [1.807, 2.05) is 6.92 Å². The van der Waals surface area contributed by atoms with Gasteiger partial charge in [0.15, 0.2) is 0 Å². The zero-order valence-electron chi connectivity index (χ0n) is 11.6. The van der Waals surface area contributed by atoms with Crippen LogP contribution < -0.4 is 11.1 Å². The van der Waals surface area contributed by atoms with E-state index in [2.05, 4.69) is 5.32 Å². The summed E-state index contributed by atoms with van der Waals surface area (Å²) in [6.45, 7) is 2.05. The molecule has 0 aromatic carbocycles. The van der Waals surface area contributed by atoms with Crippen molar-refractivity contribution in [1.82, 2.24) is 5.32 Å². The van der Waals surface area contributed by atoms with Crippen LogP contribution in [0.3, 0.4) is 0 Å². The summed E-state index contributed by atoms with van der Waals surface area (Å²) in [5, 5.41) is 20.4. The first kappa shape index (κ1) is 16.4. The smallest absolute Gasteiger partial charge is 0.329 e. The lowest BCUT2D eigenvalue weighted by molar-refractivity contribution is -0.150. The fourth-order valence-corrected chi connectivity index (χ4v) is 2.39. The summed E-state index contributed by atoms with van der Waals surface area (Å²) < 4.78 is 0. The minimum Gasteiger partial charge on any atom is -0.481 e. The number of rotatable bonds is 6. The molecule has 0 aromatic heterocycles. The van der Waals surface area contributed by atoms with Gasteiger partial charge in [0, 0.05) is 6.42 Å². The van der Waals surface area contributed by atoms with Crippen LogP contribution in [0.5, 0.6) is 0 Å². The molecular formula is C13H22N2O5. The Labute approximate surface area is 117 Å². The Morgan fingerprint density at radius 2 is 1.85 bits per heavy atom. The molecule has 0 aromatic rings. The SMILES string of the molecule is CC1CCC(NC(=O)C(N)CCC(=O)O)(C(=O)O)CC1. The van der Waals surface area contributed by atoms with Gasteiger partial charge in [-0.2, -0.15) is 0 Å². The van der Waals surface area contributed by atoms with Crippen LogP contribution in [0, 0.1) is 5.92 Å². The number of carboxylic acids is 2. The van der Waals surface area contributed by atoms with Gasteiger partial charge < -0.3 is 21.3 Å². The lowest BCUT2D eigenvalue weighted by Crippen LogP contribution is -2.59. The van der Waals surface area contributed by atoms with Crippen molar-refractivity contribution in [3.8, 4) is 0 Å². The molecule has 1 aliphatic carbocycles. The van der Waals surface area contributed by atoms with Crippen molar-refractivity contribution < 1.29 is 24.6 Å². The van der Waals surface area contributed by atoms with Gasteiger partial charge in [0.2, 0.25) is 5.91 Å². The Hall–Kier alpha value is -1.63. The molecule has 1 amide bonds. The van der Waals surface area contributed by atoms with Gasteiger partial charge in [0.1, 0.15) is 5.54 Å². The Morgan fingerprint density at radius 3 is 2.30 bits per heavy atom. The van der Waals surface area contributed by atoms with Crippen LogP contribution in [0.1, 0.15) is 45.4 Å². The highest BCUT2D eigenvalue weighted by Gasteiger charge is 2.43. The maximum atomic E-state index is 11.9. The van der Waals surface area contributed by atoms with E-state index in [0.717, 1.165) is 12.8 Å². The minimum absolute atomic E-state index is 0.00668. The summed E-state index contributed by atoms with van der Waals surface area (Å²) in [7, 11) is 0. The molecule has 7 heteroatoms. The molecule has 20 heavy (non-hydrogen) atoms. The van der Waals surface area contributed by atoms with E-state index < -0.39 is 29.4 Å². The minimum atomic E-state index is -1.26. The lowest BCUT2D eigenvalue weighted by atomic mass is 9.77. The zero-order chi connectivity index (χ0) is 15.3. The summed E-state index contributed by atoms with van der Waals surface area (Å²) in [5.41, 5.74) is 4.34. The molecule has 0 bridgehead atoms. The first-order valence-electron chi connectivity index (χ1n) is 6.79. The van der Waals surface area contributed by atoms with Crippen molar-refractivity contribution in [2.45, 2.75) is 57.0 Å². The molecule has 0 aliphatic heterocycles. The zero-order valence-corrected chi connectivity index (χ0v) is 11.6. The quantitative estimate of drug-likeness (QED) is 0.556. The molecule has 1 unspecified atom stereocenters. The average molecular weight is 286 g/mol. The lowest BCUT2D eigenvalue weighted by Gasteiger charge is -2.37. The molecule has 7 nitrogen and oxygen atoms in total. The van der Waals surface area contributed by atoms with E-state index in [9.17, 15) is 19.5 Å². The van der Waals surface area contributed by atoms with Crippen LogP contribution >= 0.6 is 0 Å². The maximum absolute atomic E-state index is 11.9. The van der Waals surface area contributed by atoms with Crippen molar-refractivity contribution in [3.63, 3.8) is 0 Å². The number of hydrogen-bond acceptors (Lipinski definition) is 4. The van der Waals surface area contributed by atoms with Crippen molar-refractivity contribution in [2.24, 2.45) is 11.7 Å². The fraction of sp³-hybridized carbons (Fsp3) is 0.769. The van der Waals surface area contributed by atoms with Gasteiger partial charge in [0.05, 0.1) is 6.04 Å². The maximum Gasteiger partial charge on any atom is 0.329 e. The molecule has 1 atom stereocenters. The van der Waals surface area contributed by atoms with E-state index in [1.54, 1.807) is 0 Å². The van der Waals surface area contributed by atoms with Gasteiger partial charge in [-0.3, -0.25) is 9.59 Å². The summed E-state index contributed by atoms with van der Waals surface area (Å²) in [6.07, 6.45) is 1.99. The summed E-state index contributed by atoms with van der Waals surface area (Å²) >= 11 is 0. The van der Waals surface area contributed by atoms with Gasteiger partial charge in [-0.1, -0.05) is 6.92 Å². The molecule has 1 rings (SSSR count). The number of carbonyl (C=O) groups excluding carboxylic acids is 1. The van der Waals surface area contributed by atoms with E-state index in [-0.39, 0.29) is 12.8 Å². The Morgan fingerprint density at radius 1 is 1.30 bits per heavy atom. The Balaban J connectivity index is 2.64. The van der Waals surface area contributed by atoms with Crippen molar-refractivity contribution in [2.75, 3.05) is 0 Å². The monoisotopic (exact) mass is 286 g/mol. The van der Waals surface area contributed by atoms with E-state index in [0.29, 0.717) is 18.8 Å². The van der Waals surface area contributed by atoms with Crippen molar-refractivity contribution >= 4 is 17.8 Å². The molecule has 114 valence electrons. The van der Waals surface area contributed by atoms with Gasteiger partial charge >= 0.3 is 11.9 Å². The highest BCUT2D eigenvalue weighted by atomic mass is 16.4. The number of carboxylic acid groups (broad SMARTS) is 2. The van der Waals surface area contributed by atoms with Crippen LogP contribution in [0.4, 0.5) is 0 Å². The van der Waals surface area contributed by atoms with Gasteiger partial charge in [-0.25, -0.2) is 4.79 Å². The van der Waals surface area contributed by atoms with E-state index in [1.165, 1.54) is 0 Å². The number of aliphatic carboxylic acids is 2. The molecule has 5 N–H and O–H groups in total. The molecule has 0 heterocycles. The van der Waals surface area contributed by atoms with Gasteiger partial charge in [0.25, 0.3) is 0 Å². The van der Waals surface area contributed by atoms with Crippen LogP contribution in [0.2, 0.25) is 0 Å². The highest BCUT2D eigenvalue weighted by molar-refractivity contribution is 5.89. The molecule has 0 radical (unpaired) electrons. The third kappa shape index (κ3) is 4.19. The second-order valence-corrected chi connectivity index (χ2v) is 5.60. The topological polar surface area (TPSA) is 130 Å². The summed E-state index contributed by atoms with van der Waals surface area (Å²) in [5.74, 6) is -2.24. The second kappa shape index (κ2) is 6.69. The van der Waals surface area contributed by atoms with E-state index in [4.69, 9.17) is 10.8 Å². The molecule has 0 spiro atoms. The summed E-state index contributed by atoms with van der Waals surface area (Å²) in [4.78, 5) is 33.8. The predicted octanol–water partition coefficient (Wildman–Crippen LogP) is 0.328. The molecule has 1 aliphatic rings. The van der Waals surface area contributed by atoms with Crippen LogP contribution in [-0.4, -0.2) is 39.6 Å². The standard InChI is InChI=1S/C13H22N2O5/c1-8-4-6-13(7-5-8,12(19)20)15-11(18)9(14)2-3-10(16)17/h8-9H,2-7,14H2,1H3,(H,15,18)(H,16,17)(H,19,20). The van der Waals surface area contributed by atoms with Crippen LogP contribution in [0.15, 0.2) is 0 Å². The average Bonchev–Trinajstić information content (AvgIpc) is 2.38. The van der Waals surface area contributed by atoms with Gasteiger partial charge in [-0.15, -0.1) is 0 Å². The molecule has 1 saturated carbocycles. The highest BCUT2D eigenvalue weighted by Crippen LogP contribution is 2.32. The summed E-state index contributed by atoms with van der Waals surface area (Å²) in [6, 6.07) is -0.998. The first-order chi connectivity index (χ1) is 9.27. The molecule has 1 fully saturated rings. The predicted molar refractivity (Wildman–Crippen MR) is 71.0 cm³/mol. The number of nitrogens with two attached hydrogens (primary N) is 1.